The first-order chi connectivity index (χ1) is 5.36. The second kappa shape index (κ2) is 2.58. The molecule has 1 atom stereocenters. The van der Waals surface area contributed by atoms with Crippen molar-refractivity contribution in [3.8, 4) is 0 Å². The van der Waals surface area contributed by atoms with E-state index in [9.17, 15) is 4.39 Å². The zero-order chi connectivity index (χ0) is 7.68. The number of ether oxygens (including phenoxy) is 1. The Kier molecular flexibility index (Phi) is 1.58. The number of hydrogen-bond donors (Lipinski definition) is 0. The first-order valence-electron chi connectivity index (χ1n) is 3.57. The normalized spacial score (nSPS) is 21.7. The van der Waals surface area contributed by atoms with Crippen molar-refractivity contribution in [2.45, 2.75) is 12.5 Å². The molecule has 0 bridgehead atoms. The van der Waals surface area contributed by atoms with Crippen molar-refractivity contribution in [2.75, 3.05) is 6.61 Å². The van der Waals surface area contributed by atoms with Gasteiger partial charge in [0.2, 0.25) is 0 Å². The first kappa shape index (κ1) is 6.73. The minimum absolute atomic E-state index is 0.208. The van der Waals surface area contributed by atoms with E-state index in [0.717, 1.165) is 6.61 Å². The summed E-state index contributed by atoms with van der Waals surface area (Å²) in [6, 6.07) is 3.01. The maximum absolute atomic E-state index is 12.9. The van der Waals surface area contributed by atoms with Crippen LogP contribution in [-0.2, 0) is 11.2 Å². The van der Waals surface area contributed by atoms with Crippen molar-refractivity contribution in [1.82, 2.24) is 4.98 Å². The van der Waals surface area contributed by atoms with Gasteiger partial charge < -0.3 is 4.74 Å². The average Bonchev–Trinajstić information content (AvgIpc) is 2.78. The Morgan fingerprint density at radius 1 is 1.73 bits per heavy atom. The van der Waals surface area contributed by atoms with Gasteiger partial charge >= 0.3 is 0 Å². The number of epoxide rings is 1. The molecular weight excluding hydrogens is 145 g/mol. The molecule has 0 amide bonds. The fraction of sp³-hybridized carbons (Fsp3) is 0.375. The maximum Gasteiger partial charge on any atom is 0.144 e. The molecule has 0 aliphatic carbocycles. The Morgan fingerprint density at radius 2 is 2.55 bits per heavy atom. The van der Waals surface area contributed by atoms with Gasteiger partial charge in [0.1, 0.15) is 5.82 Å². The fourth-order valence-corrected chi connectivity index (χ4v) is 0.970. The first-order valence-corrected chi connectivity index (χ1v) is 3.57. The highest BCUT2D eigenvalue weighted by Gasteiger charge is 2.24. The minimum atomic E-state index is -0.233. The quantitative estimate of drug-likeness (QED) is 0.596. The van der Waals surface area contributed by atoms with Gasteiger partial charge in [-0.25, -0.2) is 4.39 Å². The summed E-state index contributed by atoms with van der Waals surface area (Å²) in [6.07, 6.45) is 2.41. The van der Waals surface area contributed by atoms with Crippen LogP contribution in [-0.4, -0.2) is 17.7 Å². The van der Waals surface area contributed by atoms with Crippen molar-refractivity contribution < 1.29 is 9.13 Å². The van der Waals surface area contributed by atoms with Crippen LogP contribution in [0.4, 0.5) is 4.39 Å². The Hall–Kier alpha value is -0.960. The summed E-state index contributed by atoms with van der Waals surface area (Å²) in [5, 5.41) is 0. The molecule has 0 saturated carbocycles. The molecule has 2 nitrogen and oxygen atoms in total. The molecule has 1 unspecified atom stereocenters. The van der Waals surface area contributed by atoms with E-state index in [0.29, 0.717) is 12.1 Å². The van der Waals surface area contributed by atoms with Crippen LogP contribution in [0.25, 0.3) is 0 Å². The van der Waals surface area contributed by atoms with Crippen LogP contribution in [0.3, 0.4) is 0 Å². The molecule has 0 radical (unpaired) electrons. The summed E-state index contributed by atoms with van der Waals surface area (Å²) >= 11 is 0. The van der Waals surface area contributed by atoms with E-state index in [4.69, 9.17) is 4.74 Å². The predicted molar refractivity (Wildman–Crippen MR) is 37.6 cm³/mol. The van der Waals surface area contributed by atoms with Crippen LogP contribution >= 0.6 is 0 Å². The van der Waals surface area contributed by atoms with Crippen molar-refractivity contribution >= 4 is 0 Å². The average molecular weight is 153 g/mol. The van der Waals surface area contributed by atoms with E-state index in [-0.39, 0.29) is 11.9 Å². The molecule has 2 rings (SSSR count). The Morgan fingerprint density at radius 3 is 3.18 bits per heavy atom. The molecule has 1 aliphatic heterocycles. The van der Waals surface area contributed by atoms with Crippen molar-refractivity contribution in [1.29, 1.82) is 0 Å². The van der Waals surface area contributed by atoms with Gasteiger partial charge in [-0.3, -0.25) is 4.98 Å². The molecule has 0 N–H and O–H groups in total. The van der Waals surface area contributed by atoms with Gasteiger partial charge in [-0.15, -0.1) is 0 Å². The van der Waals surface area contributed by atoms with Crippen molar-refractivity contribution in [2.24, 2.45) is 0 Å². The predicted octanol–water partition coefficient (Wildman–Crippen LogP) is 1.16. The summed E-state index contributed by atoms with van der Waals surface area (Å²) < 4.78 is 17.8. The van der Waals surface area contributed by atoms with Crippen LogP contribution in [0.15, 0.2) is 18.3 Å². The molecule has 2 heterocycles. The number of rotatable bonds is 2. The molecule has 3 heteroatoms. The van der Waals surface area contributed by atoms with Gasteiger partial charge in [0.05, 0.1) is 18.4 Å². The topological polar surface area (TPSA) is 25.4 Å². The zero-order valence-electron chi connectivity index (χ0n) is 5.96. The molecule has 58 valence electrons. The number of aromatic nitrogens is 1. The van der Waals surface area contributed by atoms with Crippen LogP contribution in [0, 0.1) is 5.82 Å². The highest BCUT2D eigenvalue weighted by molar-refractivity contribution is 5.08. The van der Waals surface area contributed by atoms with E-state index < -0.39 is 0 Å². The molecule has 1 fully saturated rings. The standard InChI is InChI=1S/C8H8FNO/c9-7-2-1-3-10-8(7)4-6-5-11-6/h1-3,6H,4-5H2. The van der Waals surface area contributed by atoms with Crippen LogP contribution in [0.1, 0.15) is 5.69 Å². The molecule has 11 heavy (non-hydrogen) atoms. The molecule has 1 saturated heterocycles. The number of nitrogens with zero attached hydrogens (tertiary/aromatic N) is 1. The lowest BCUT2D eigenvalue weighted by Gasteiger charge is -1.96. The largest absolute Gasteiger partial charge is 0.373 e. The van der Waals surface area contributed by atoms with Gasteiger partial charge in [-0.2, -0.15) is 0 Å². The Labute approximate surface area is 64.0 Å². The summed E-state index contributed by atoms with van der Waals surface area (Å²) in [4.78, 5) is 3.90. The molecule has 1 aromatic heterocycles. The Balaban J connectivity index is 2.15. The van der Waals surface area contributed by atoms with Gasteiger partial charge in [0.25, 0.3) is 0 Å². The van der Waals surface area contributed by atoms with E-state index >= 15 is 0 Å². The summed E-state index contributed by atoms with van der Waals surface area (Å²) in [7, 11) is 0. The van der Waals surface area contributed by atoms with Crippen molar-refractivity contribution in [3.63, 3.8) is 0 Å². The number of hydrogen-bond acceptors (Lipinski definition) is 2. The van der Waals surface area contributed by atoms with E-state index in [2.05, 4.69) is 4.98 Å². The molecule has 0 spiro atoms. The molecule has 0 aromatic carbocycles. The van der Waals surface area contributed by atoms with E-state index in [1.807, 2.05) is 0 Å². The second-order valence-electron chi connectivity index (χ2n) is 2.59. The Bertz CT molecular complexity index is 260. The lowest BCUT2D eigenvalue weighted by Crippen LogP contribution is -1.99. The van der Waals surface area contributed by atoms with Crippen LogP contribution in [0.2, 0.25) is 0 Å². The highest BCUT2D eigenvalue weighted by atomic mass is 19.1. The van der Waals surface area contributed by atoms with E-state index in [1.54, 1.807) is 12.3 Å². The van der Waals surface area contributed by atoms with Gasteiger partial charge in [0, 0.05) is 12.6 Å². The lowest BCUT2D eigenvalue weighted by molar-refractivity contribution is 0.402. The monoisotopic (exact) mass is 153 g/mol. The van der Waals surface area contributed by atoms with E-state index in [1.165, 1.54) is 6.07 Å². The lowest BCUT2D eigenvalue weighted by atomic mass is 10.2. The summed E-state index contributed by atoms with van der Waals surface area (Å²) in [5.41, 5.74) is 0.509. The fourth-order valence-electron chi connectivity index (χ4n) is 0.970. The molecule has 1 aromatic rings. The summed E-state index contributed by atoms with van der Waals surface area (Å²) in [5.74, 6) is -0.233. The van der Waals surface area contributed by atoms with Crippen molar-refractivity contribution in [3.05, 3.63) is 29.8 Å². The summed E-state index contributed by atoms with van der Waals surface area (Å²) in [6.45, 7) is 0.746. The zero-order valence-corrected chi connectivity index (χ0v) is 5.96. The van der Waals surface area contributed by atoms with Crippen LogP contribution < -0.4 is 0 Å². The molecule has 1 aliphatic rings. The number of halogens is 1. The third kappa shape index (κ3) is 1.54. The smallest absolute Gasteiger partial charge is 0.144 e. The third-order valence-corrected chi connectivity index (χ3v) is 1.66. The maximum atomic E-state index is 12.9. The van der Waals surface area contributed by atoms with Gasteiger partial charge in [-0.05, 0) is 12.1 Å². The highest BCUT2D eigenvalue weighted by Crippen LogP contribution is 2.15. The molecular formula is C8H8FNO. The third-order valence-electron chi connectivity index (χ3n) is 1.66. The minimum Gasteiger partial charge on any atom is -0.373 e. The SMILES string of the molecule is Fc1cccnc1CC1CO1. The second-order valence-corrected chi connectivity index (χ2v) is 2.59. The number of pyridine rings is 1. The van der Waals surface area contributed by atoms with Gasteiger partial charge in [-0.1, -0.05) is 0 Å². The van der Waals surface area contributed by atoms with Crippen LogP contribution in [0.5, 0.6) is 0 Å². The van der Waals surface area contributed by atoms with Gasteiger partial charge in [0.15, 0.2) is 0 Å².